The van der Waals surface area contributed by atoms with Crippen LogP contribution in [0.5, 0.6) is 11.5 Å². The Bertz CT molecular complexity index is 1640. The van der Waals surface area contributed by atoms with E-state index in [9.17, 15) is 0 Å². The Morgan fingerprint density at radius 2 is 1.11 bits per heavy atom. The molecule has 180 valence electrons. The minimum Gasteiger partial charge on any atom is -0.453 e. The van der Waals surface area contributed by atoms with E-state index in [2.05, 4.69) is 126 Å². The normalized spacial score (nSPS) is 13.0. The van der Waals surface area contributed by atoms with E-state index < -0.39 is 0 Å². The molecule has 0 fully saturated rings. The summed E-state index contributed by atoms with van der Waals surface area (Å²) in [4.78, 5) is 2.48. The van der Waals surface area contributed by atoms with Crippen LogP contribution in [-0.2, 0) is 5.41 Å². The smallest absolute Gasteiger partial charge is 0.152 e. The molecule has 0 unspecified atom stereocenters. The third kappa shape index (κ3) is 3.32. The predicted octanol–water partition coefficient (Wildman–Crippen LogP) is 10.1. The molecule has 0 amide bonds. The first-order chi connectivity index (χ1) is 17.1. The van der Waals surface area contributed by atoms with Gasteiger partial charge in [0.15, 0.2) is 11.5 Å². The fraction of sp³-hybridized carbons (Fsp3) is 0.235. The van der Waals surface area contributed by atoms with Gasteiger partial charge in [-0.15, -0.1) is 0 Å². The maximum atomic E-state index is 6.68. The Labute approximate surface area is 214 Å². The van der Waals surface area contributed by atoms with Gasteiger partial charge in [-0.3, -0.25) is 0 Å². The molecule has 0 N–H and O–H groups in total. The fourth-order valence-corrected chi connectivity index (χ4v) is 5.80. The third-order valence-corrected chi connectivity index (χ3v) is 7.65. The monoisotopic (exact) mass is 471 g/mol. The standard InChI is InChI=1S/C34H33NO/c1-20-11-10-14-28-26(20)15-16-29-32(28)35(31-22(3)17-24(18-23(31)4)34(5,6)7)33-27-13-9-8-12-25(27)21(2)19-30(33)36-29/h8-19H,1-7H3. The summed E-state index contributed by atoms with van der Waals surface area (Å²) in [6.45, 7) is 15.7. The number of nitrogens with zero attached hydrogens (tertiary/aromatic N) is 1. The lowest BCUT2D eigenvalue weighted by Crippen LogP contribution is -2.20. The van der Waals surface area contributed by atoms with Gasteiger partial charge in [0.05, 0.1) is 17.1 Å². The van der Waals surface area contributed by atoms with Gasteiger partial charge in [0, 0.05) is 10.8 Å². The lowest BCUT2D eigenvalue weighted by molar-refractivity contribution is 0.478. The number of hydrogen-bond donors (Lipinski definition) is 0. The molecule has 6 rings (SSSR count). The van der Waals surface area contributed by atoms with Gasteiger partial charge in [-0.1, -0.05) is 81.4 Å². The molecule has 2 heteroatoms. The molecular weight excluding hydrogens is 438 g/mol. The zero-order valence-corrected chi connectivity index (χ0v) is 22.3. The van der Waals surface area contributed by atoms with E-state index in [1.54, 1.807) is 0 Å². The van der Waals surface area contributed by atoms with Gasteiger partial charge >= 0.3 is 0 Å². The Balaban J connectivity index is 1.77. The first-order valence-corrected chi connectivity index (χ1v) is 12.8. The lowest BCUT2D eigenvalue weighted by Gasteiger charge is -2.37. The molecule has 1 heterocycles. The Kier molecular flexibility index (Phi) is 4.95. The van der Waals surface area contributed by atoms with Crippen molar-refractivity contribution in [3.05, 3.63) is 101 Å². The van der Waals surface area contributed by atoms with Crippen LogP contribution in [-0.4, -0.2) is 0 Å². The van der Waals surface area contributed by atoms with Crippen molar-refractivity contribution >= 4 is 38.6 Å². The van der Waals surface area contributed by atoms with Crippen molar-refractivity contribution < 1.29 is 4.74 Å². The summed E-state index contributed by atoms with van der Waals surface area (Å²) < 4.78 is 6.68. The average molecular weight is 472 g/mol. The van der Waals surface area contributed by atoms with E-state index in [4.69, 9.17) is 4.74 Å². The van der Waals surface area contributed by atoms with Gasteiger partial charge in [0.25, 0.3) is 0 Å². The molecule has 1 aliphatic heterocycles. The van der Waals surface area contributed by atoms with Crippen molar-refractivity contribution in [1.82, 2.24) is 0 Å². The van der Waals surface area contributed by atoms with E-state index in [-0.39, 0.29) is 5.41 Å². The number of anilines is 3. The SMILES string of the molecule is Cc1cc(C(C)(C)C)cc(C)c1N1c2c(ccc3c(C)cccc23)Oc2cc(C)c3ccccc3c21. The zero-order chi connectivity index (χ0) is 25.4. The molecule has 0 atom stereocenters. The fourth-order valence-electron chi connectivity index (χ4n) is 5.80. The first kappa shape index (κ1) is 22.7. The van der Waals surface area contributed by atoms with Crippen molar-refractivity contribution in [1.29, 1.82) is 0 Å². The number of ether oxygens (including phenoxy) is 1. The number of aryl methyl sites for hydroxylation is 4. The molecule has 0 aromatic heterocycles. The molecule has 0 bridgehead atoms. The van der Waals surface area contributed by atoms with Crippen LogP contribution in [0.4, 0.5) is 17.1 Å². The number of rotatable bonds is 1. The lowest BCUT2D eigenvalue weighted by atomic mass is 9.84. The van der Waals surface area contributed by atoms with E-state index in [1.807, 2.05) is 0 Å². The molecule has 0 saturated carbocycles. The maximum Gasteiger partial charge on any atom is 0.152 e. The second kappa shape index (κ2) is 7.86. The number of fused-ring (bicyclic) bond motifs is 6. The molecule has 0 aliphatic carbocycles. The molecule has 5 aromatic rings. The van der Waals surface area contributed by atoms with E-state index in [0.717, 1.165) is 22.9 Å². The summed E-state index contributed by atoms with van der Waals surface area (Å²) in [6, 6.07) is 26.5. The molecule has 2 nitrogen and oxygen atoms in total. The third-order valence-electron chi connectivity index (χ3n) is 7.65. The van der Waals surface area contributed by atoms with Crippen molar-refractivity contribution in [3.63, 3.8) is 0 Å². The van der Waals surface area contributed by atoms with Crippen molar-refractivity contribution in [2.45, 2.75) is 53.9 Å². The van der Waals surface area contributed by atoms with Crippen molar-refractivity contribution in [2.75, 3.05) is 4.90 Å². The van der Waals surface area contributed by atoms with Crippen LogP contribution in [0.1, 0.15) is 48.6 Å². The maximum absolute atomic E-state index is 6.68. The highest BCUT2D eigenvalue weighted by Crippen LogP contribution is 2.57. The average Bonchev–Trinajstić information content (AvgIpc) is 2.82. The Morgan fingerprint density at radius 1 is 0.528 bits per heavy atom. The van der Waals surface area contributed by atoms with Gasteiger partial charge in [-0.25, -0.2) is 0 Å². The molecular formula is C34H33NO. The van der Waals surface area contributed by atoms with Crippen LogP contribution in [0.25, 0.3) is 21.5 Å². The molecule has 0 spiro atoms. The molecule has 5 aromatic carbocycles. The summed E-state index contributed by atoms with van der Waals surface area (Å²) in [5.74, 6) is 1.80. The number of benzene rings is 5. The number of hydrogen-bond acceptors (Lipinski definition) is 2. The van der Waals surface area contributed by atoms with Crippen LogP contribution in [0, 0.1) is 27.7 Å². The highest BCUT2D eigenvalue weighted by Gasteiger charge is 2.32. The van der Waals surface area contributed by atoms with E-state index >= 15 is 0 Å². The van der Waals surface area contributed by atoms with Gasteiger partial charge in [-0.2, -0.15) is 0 Å². The highest BCUT2D eigenvalue weighted by atomic mass is 16.5. The van der Waals surface area contributed by atoms with Gasteiger partial charge in [-0.05, 0) is 83.8 Å². The second-order valence-corrected chi connectivity index (χ2v) is 11.3. The topological polar surface area (TPSA) is 12.5 Å². The van der Waals surface area contributed by atoms with Crippen molar-refractivity contribution in [3.8, 4) is 11.5 Å². The van der Waals surface area contributed by atoms with Crippen LogP contribution >= 0.6 is 0 Å². The van der Waals surface area contributed by atoms with E-state index in [1.165, 1.54) is 55.0 Å². The van der Waals surface area contributed by atoms with Crippen molar-refractivity contribution in [2.24, 2.45) is 0 Å². The Hall–Kier alpha value is -3.78. The summed E-state index contributed by atoms with van der Waals surface area (Å²) in [5, 5.41) is 4.93. The van der Waals surface area contributed by atoms with Crippen LogP contribution in [0.3, 0.4) is 0 Å². The highest BCUT2D eigenvalue weighted by molar-refractivity contribution is 6.11. The summed E-state index contributed by atoms with van der Waals surface area (Å²) in [7, 11) is 0. The Morgan fingerprint density at radius 3 is 1.78 bits per heavy atom. The van der Waals surface area contributed by atoms with Gasteiger partial charge in [0.1, 0.15) is 0 Å². The molecule has 36 heavy (non-hydrogen) atoms. The van der Waals surface area contributed by atoms with Crippen LogP contribution in [0.2, 0.25) is 0 Å². The minimum atomic E-state index is 0.0858. The summed E-state index contributed by atoms with van der Waals surface area (Å²) in [6.07, 6.45) is 0. The summed E-state index contributed by atoms with van der Waals surface area (Å²) in [5.41, 5.74) is 9.95. The van der Waals surface area contributed by atoms with Gasteiger partial charge in [0.2, 0.25) is 0 Å². The van der Waals surface area contributed by atoms with Crippen LogP contribution in [0.15, 0.2) is 72.8 Å². The molecule has 0 saturated heterocycles. The molecule has 0 radical (unpaired) electrons. The molecule has 1 aliphatic rings. The predicted molar refractivity (Wildman–Crippen MR) is 154 cm³/mol. The van der Waals surface area contributed by atoms with Crippen LogP contribution < -0.4 is 9.64 Å². The zero-order valence-electron chi connectivity index (χ0n) is 22.3. The minimum absolute atomic E-state index is 0.0858. The summed E-state index contributed by atoms with van der Waals surface area (Å²) >= 11 is 0. The van der Waals surface area contributed by atoms with Gasteiger partial charge < -0.3 is 9.64 Å². The largest absolute Gasteiger partial charge is 0.453 e. The first-order valence-electron chi connectivity index (χ1n) is 12.8. The van der Waals surface area contributed by atoms with E-state index in [0.29, 0.717) is 0 Å². The quantitative estimate of drug-likeness (QED) is 0.236. The second-order valence-electron chi connectivity index (χ2n) is 11.3.